The fourth-order valence-corrected chi connectivity index (χ4v) is 3.67. The normalized spacial score (nSPS) is 20.9. The highest BCUT2D eigenvalue weighted by molar-refractivity contribution is 5.92. The van der Waals surface area contributed by atoms with Gasteiger partial charge in [-0.2, -0.15) is 0 Å². The summed E-state index contributed by atoms with van der Waals surface area (Å²) in [5.41, 5.74) is 1.35. The van der Waals surface area contributed by atoms with Gasteiger partial charge in [0.25, 0.3) is 5.91 Å². The Morgan fingerprint density at radius 2 is 1.79 bits per heavy atom. The molecule has 3 heterocycles. The second kappa shape index (κ2) is 8.87. The first-order valence-corrected chi connectivity index (χ1v) is 10.3. The molecule has 1 N–H and O–H groups in total. The van der Waals surface area contributed by atoms with Crippen LogP contribution in [0.15, 0.2) is 18.3 Å². The Hall–Kier alpha value is -2.19. The summed E-state index contributed by atoms with van der Waals surface area (Å²) in [7, 11) is 0. The van der Waals surface area contributed by atoms with Crippen molar-refractivity contribution < 1.29 is 14.3 Å². The van der Waals surface area contributed by atoms with Crippen molar-refractivity contribution in [1.29, 1.82) is 0 Å². The number of hydrogen-bond acceptors (Lipinski definition) is 5. The first-order chi connectivity index (χ1) is 13.7. The van der Waals surface area contributed by atoms with Crippen molar-refractivity contribution in [3.8, 4) is 0 Å². The van der Waals surface area contributed by atoms with E-state index in [-0.39, 0.29) is 11.9 Å². The van der Waals surface area contributed by atoms with E-state index in [0.717, 1.165) is 37.7 Å². The summed E-state index contributed by atoms with van der Waals surface area (Å²) >= 11 is 0. The van der Waals surface area contributed by atoms with Crippen molar-refractivity contribution in [3.63, 3.8) is 0 Å². The number of urea groups is 1. The highest BCUT2D eigenvalue weighted by atomic mass is 16.5. The molecule has 0 atom stereocenters. The van der Waals surface area contributed by atoms with Gasteiger partial charge >= 0.3 is 6.03 Å². The molecule has 0 unspecified atom stereocenters. The first-order valence-electron chi connectivity index (χ1n) is 10.3. The number of ether oxygens (including phenoxy) is 1. The Labute approximate surface area is 165 Å². The van der Waals surface area contributed by atoms with Gasteiger partial charge in [-0.25, -0.2) is 4.79 Å². The maximum absolute atomic E-state index is 12.7. The number of rotatable bonds is 5. The van der Waals surface area contributed by atoms with Gasteiger partial charge in [0.2, 0.25) is 0 Å². The molecule has 2 aliphatic heterocycles. The molecule has 4 rings (SSSR count). The number of morpholine rings is 1. The van der Waals surface area contributed by atoms with E-state index in [1.807, 2.05) is 11.0 Å². The van der Waals surface area contributed by atoms with Crippen LogP contribution in [0.4, 0.5) is 4.79 Å². The van der Waals surface area contributed by atoms with E-state index in [9.17, 15) is 9.59 Å². The largest absolute Gasteiger partial charge is 0.378 e. The van der Waals surface area contributed by atoms with Crippen LogP contribution >= 0.6 is 0 Å². The van der Waals surface area contributed by atoms with Crippen molar-refractivity contribution in [1.82, 2.24) is 25.0 Å². The Balaban J connectivity index is 1.23. The zero-order valence-electron chi connectivity index (χ0n) is 16.3. The number of amides is 3. The van der Waals surface area contributed by atoms with Crippen molar-refractivity contribution in [2.24, 2.45) is 5.92 Å². The molecule has 2 saturated heterocycles. The lowest BCUT2D eigenvalue weighted by Gasteiger charge is -2.34. The predicted octanol–water partition coefficient (Wildman–Crippen LogP) is 0.791. The quantitative estimate of drug-likeness (QED) is 0.808. The van der Waals surface area contributed by atoms with Crippen LogP contribution in [0, 0.1) is 5.92 Å². The van der Waals surface area contributed by atoms with E-state index >= 15 is 0 Å². The summed E-state index contributed by atoms with van der Waals surface area (Å²) in [4.78, 5) is 35.2. The topological polar surface area (TPSA) is 78.0 Å². The number of nitrogens with one attached hydrogen (secondary N) is 1. The molecule has 3 aliphatic rings. The monoisotopic (exact) mass is 387 g/mol. The molecule has 1 aliphatic carbocycles. The Morgan fingerprint density at radius 3 is 2.43 bits per heavy atom. The van der Waals surface area contributed by atoms with E-state index in [1.54, 1.807) is 17.2 Å². The van der Waals surface area contributed by atoms with Crippen LogP contribution < -0.4 is 5.32 Å². The van der Waals surface area contributed by atoms with E-state index in [4.69, 9.17) is 4.74 Å². The van der Waals surface area contributed by atoms with Crippen LogP contribution in [0.2, 0.25) is 0 Å². The van der Waals surface area contributed by atoms with E-state index in [1.165, 1.54) is 19.4 Å². The average Bonchev–Trinajstić information content (AvgIpc) is 3.57. The molecular formula is C20H29N5O3. The van der Waals surface area contributed by atoms with Crippen LogP contribution in [0.25, 0.3) is 0 Å². The smallest absolute Gasteiger partial charge is 0.317 e. The summed E-state index contributed by atoms with van der Waals surface area (Å²) in [5.74, 6) is 0.884. The number of aromatic nitrogens is 1. The Kier molecular flexibility index (Phi) is 6.07. The molecule has 3 amide bonds. The molecule has 1 saturated carbocycles. The fourth-order valence-electron chi connectivity index (χ4n) is 3.67. The van der Waals surface area contributed by atoms with Crippen LogP contribution in [-0.2, 0) is 11.3 Å². The number of piperazine rings is 1. The molecule has 0 aromatic carbocycles. The summed E-state index contributed by atoms with van der Waals surface area (Å²) in [6, 6.07) is 3.53. The summed E-state index contributed by atoms with van der Waals surface area (Å²) < 4.78 is 5.25. The van der Waals surface area contributed by atoms with Gasteiger partial charge in [-0.05, 0) is 30.4 Å². The highest BCUT2D eigenvalue weighted by Gasteiger charge is 2.28. The standard InChI is InChI=1S/C20H29N5O3/c26-19(24-7-5-23(6-8-24)15-16-1-2-16)18-4-3-17(13-21-18)14-22-20(27)25-9-11-28-12-10-25/h3-4,13,16H,1-2,5-12,14-15H2,(H,22,27). The zero-order valence-corrected chi connectivity index (χ0v) is 16.3. The van der Waals surface area contributed by atoms with E-state index in [2.05, 4.69) is 15.2 Å². The molecule has 0 radical (unpaired) electrons. The van der Waals surface area contributed by atoms with Gasteiger partial charge in [-0.15, -0.1) is 0 Å². The van der Waals surface area contributed by atoms with E-state index < -0.39 is 0 Å². The third kappa shape index (κ3) is 4.99. The number of pyridine rings is 1. The molecule has 0 spiro atoms. The van der Waals surface area contributed by atoms with Crippen LogP contribution in [0.5, 0.6) is 0 Å². The van der Waals surface area contributed by atoms with Gasteiger partial charge < -0.3 is 19.9 Å². The van der Waals surface area contributed by atoms with Crippen molar-refractivity contribution in [2.45, 2.75) is 19.4 Å². The van der Waals surface area contributed by atoms with E-state index in [0.29, 0.717) is 38.5 Å². The molecular weight excluding hydrogens is 358 g/mol. The lowest BCUT2D eigenvalue weighted by molar-refractivity contribution is 0.0531. The number of hydrogen-bond donors (Lipinski definition) is 1. The fraction of sp³-hybridized carbons (Fsp3) is 0.650. The Morgan fingerprint density at radius 1 is 1.04 bits per heavy atom. The molecule has 8 nitrogen and oxygen atoms in total. The SMILES string of the molecule is O=C(NCc1ccc(C(=O)N2CCN(CC3CC3)CC2)nc1)N1CCOCC1. The van der Waals surface area contributed by atoms with Gasteiger partial charge in [-0.3, -0.25) is 14.7 Å². The maximum Gasteiger partial charge on any atom is 0.317 e. The lowest BCUT2D eigenvalue weighted by atomic mass is 10.2. The van der Waals surface area contributed by atoms with Crippen molar-refractivity contribution >= 4 is 11.9 Å². The minimum absolute atomic E-state index is 0.00465. The molecule has 28 heavy (non-hydrogen) atoms. The summed E-state index contributed by atoms with van der Waals surface area (Å²) in [6.45, 7) is 7.43. The summed E-state index contributed by atoms with van der Waals surface area (Å²) in [5, 5.41) is 2.90. The van der Waals surface area contributed by atoms with Crippen LogP contribution in [0.1, 0.15) is 28.9 Å². The number of carbonyl (C=O) groups excluding carboxylic acids is 2. The minimum Gasteiger partial charge on any atom is -0.378 e. The predicted molar refractivity (Wildman–Crippen MR) is 104 cm³/mol. The molecule has 152 valence electrons. The molecule has 0 bridgehead atoms. The maximum atomic E-state index is 12.7. The van der Waals surface area contributed by atoms with Crippen molar-refractivity contribution in [2.75, 3.05) is 59.0 Å². The average molecular weight is 387 g/mol. The molecule has 1 aromatic heterocycles. The van der Waals surface area contributed by atoms with Gasteiger partial charge in [0, 0.05) is 58.6 Å². The second-order valence-electron chi connectivity index (χ2n) is 7.85. The third-order valence-corrected chi connectivity index (χ3v) is 5.66. The second-order valence-corrected chi connectivity index (χ2v) is 7.85. The Bertz CT molecular complexity index is 678. The molecule has 1 aromatic rings. The first kappa shape index (κ1) is 19.1. The van der Waals surface area contributed by atoms with Crippen LogP contribution in [0.3, 0.4) is 0 Å². The third-order valence-electron chi connectivity index (χ3n) is 5.66. The van der Waals surface area contributed by atoms with Gasteiger partial charge in [0.15, 0.2) is 0 Å². The lowest BCUT2D eigenvalue weighted by Crippen LogP contribution is -2.49. The van der Waals surface area contributed by atoms with Crippen LogP contribution in [-0.4, -0.2) is 90.6 Å². The zero-order chi connectivity index (χ0) is 19.3. The minimum atomic E-state index is -0.0903. The highest BCUT2D eigenvalue weighted by Crippen LogP contribution is 2.29. The number of nitrogens with zero attached hydrogens (tertiary/aromatic N) is 4. The number of carbonyl (C=O) groups is 2. The van der Waals surface area contributed by atoms with Gasteiger partial charge in [-0.1, -0.05) is 6.07 Å². The molecule has 3 fully saturated rings. The molecule has 8 heteroatoms. The van der Waals surface area contributed by atoms with Gasteiger partial charge in [0.05, 0.1) is 13.2 Å². The summed E-state index contributed by atoms with van der Waals surface area (Å²) in [6.07, 6.45) is 4.40. The van der Waals surface area contributed by atoms with Gasteiger partial charge in [0.1, 0.15) is 5.69 Å². The van der Waals surface area contributed by atoms with Crippen molar-refractivity contribution in [3.05, 3.63) is 29.6 Å².